The van der Waals surface area contributed by atoms with Crippen molar-refractivity contribution in [2.75, 3.05) is 80.8 Å². The molecule has 11 rings (SSSR count). The van der Waals surface area contributed by atoms with Gasteiger partial charge in [0, 0.05) is 113 Å². The first kappa shape index (κ1) is 92.0. The number of piperidine rings is 2. The fraction of sp³-hybridized carbons (Fsp3) is 0.545. The van der Waals surface area contributed by atoms with Crippen LogP contribution in [-0.4, -0.2) is 240 Å². The molecule has 3 aromatic heterocycles. The minimum absolute atomic E-state index is 0.0334. The van der Waals surface area contributed by atoms with Gasteiger partial charge in [-0.2, -0.15) is 35.3 Å². The van der Waals surface area contributed by atoms with Crippen LogP contribution < -0.4 is 59.3 Å². The van der Waals surface area contributed by atoms with Crippen molar-refractivity contribution in [1.29, 1.82) is 0 Å². The summed E-state index contributed by atoms with van der Waals surface area (Å²) in [7, 11) is 0. The number of phenols is 1. The van der Waals surface area contributed by atoms with Crippen molar-refractivity contribution in [3.63, 3.8) is 0 Å². The molecule has 0 unspecified atom stereocenters. The Morgan fingerprint density at radius 2 is 1.11 bits per heavy atom. The van der Waals surface area contributed by atoms with Gasteiger partial charge in [0.05, 0.1) is 28.7 Å². The van der Waals surface area contributed by atoms with E-state index in [1.165, 1.54) is 76.3 Å². The third-order valence-electron chi connectivity index (χ3n) is 23.7. The Labute approximate surface area is 719 Å². The van der Waals surface area contributed by atoms with Crippen molar-refractivity contribution < 1.29 is 58.2 Å². The highest BCUT2D eigenvalue weighted by atomic mass is 32.2. The molecule has 650 valence electrons. The Morgan fingerprint density at radius 3 is 1.70 bits per heavy atom. The van der Waals surface area contributed by atoms with Gasteiger partial charge in [0.25, 0.3) is 0 Å². The first-order valence-corrected chi connectivity index (χ1v) is 47.2. The topological polar surface area (TPSA) is 425 Å². The number of carbonyl (C=O) groups is 10. The van der Waals surface area contributed by atoms with E-state index in [-0.39, 0.29) is 59.3 Å². The quantitative estimate of drug-likeness (QED) is 0.0141. The molecule has 0 spiro atoms. The lowest BCUT2D eigenvalue weighted by Crippen LogP contribution is -2.60. The molecule has 7 aromatic rings. The number of aliphatic hydroxyl groups excluding tert-OH is 1. The molecule has 4 aliphatic rings. The van der Waals surface area contributed by atoms with Gasteiger partial charge in [-0.05, 0) is 204 Å². The Morgan fingerprint density at radius 1 is 0.558 bits per heavy atom. The Bertz CT molecular complexity index is 4660. The summed E-state index contributed by atoms with van der Waals surface area (Å²) in [6, 6.07) is 18.2. The van der Waals surface area contributed by atoms with Crippen LogP contribution in [0, 0.1) is 11.8 Å². The number of rotatable bonds is 47. The molecule has 2 saturated heterocycles. The smallest absolute Gasteiger partial charge is 0.244 e. The van der Waals surface area contributed by atoms with Gasteiger partial charge < -0.3 is 84.5 Å². The second-order valence-electron chi connectivity index (χ2n) is 32.6. The molecule has 0 radical (unpaired) electrons. The molecule has 5 heterocycles. The predicted octanol–water partition coefficient (Wildman–Crippen LogP) is 6.61. The number of H-pyrrole nitrogens is 3. The first-order chi connectivity index (χ1) is 57.9. The van der Waals surface area contributed by atoms with E-state index in [1.54, 1.807) is 60.5 Å². The molecular weight excluding hydrogens is 1600 g/mol. The summed E-state index contributed by atoms with van der Waals surface area (Å²) in [4.78, 5) is 157. The fourth-order valence-corrected chi connectivity index (χ4v) is 21.8. The van der Waals surface area contributed by atoms with Gasteiger partial charge in [-0.15, -0.1) is 11.8 Å². The highest BCUT2D eigenvalue weighted by Gasteiger charge is 2.43. The molecule has 18 N–H and O–H groups in total. The van der Waals surface area contributed by atoms with E-state index in [0.29, 0.717) is 78.6 Å². The number of nitrogens with one attached hydrogen (secondary N) is 12. The number of aromatic amines is 3. The lowest BCUT2D eigenvalue weighted by Gasteiger charge is -2.47. The average molecular weight is 1720 g/mol. The summed E-state index contributed by atoms with van der Waals surface area (Å²) >= 11 is 6.26. The summed E-state index contributed by atoms with van der Waals surface area (Å²) in [6.45, 7) is 12.7. The third-order valence-corrected chi connectivity index (χ3v) is 28.9. The fourth-order valence-electron chi connectivity index (χ4n) is 17.7. The number of nitrogens with zero attached hydrogens (tertiary/aromatic N) is 2. The van der Waals surface area contributed by atoms with Crippen LogP contribution in [0.5, 0.6) is 5.75 Å². The molecule has 2 aliphatic carbocycles. The number of aromatic nitrogens is 3. The van der Waals surface area contributed by atoms with Crippen LogP contribution in [-0.2, 0) is 73.6 Å². The Balaban J connectivity index is 0.784. The first-order valence-electron chi connectivity index (χ1n) is 42.6. The molecular formula is C88H122N16O12S4. The average Bonchev–Trinajstić information content (AvgIpc) is 1.52. The standard InChI is InChI=1S/C88H122N16O12S4/c1-7-32-103-44-54(34-63-61-19-16-23-67-79(61)57(41-93-67)38-73(63)103)46-118-49-76(108)91-31-15-13-22-69(98-77(109)50-119-47-55-35-64-62-20-17-24-68-80(62)58(42-94-68)39-74(64)104(45-55)33-8-2)86(114)101-72(48-120-78(117-6)25-12-14-30-89)88(116)99-70(36-53-26-28-59(106)29-27-53)87(115)100-71(37-56-40-92-66-21-11-10-18-60(56)66)84(112)95-43-75(107)97-65(9-3)85(113)96-51(4)83(111)102-81(52(5)105)82(90)110/h10-11,16-21,23-24,26-29,40-42,51-52,54-55,63-65,69-74,78,81,92-94,105-106H,7-9,12-15,22,25,30-39,43-50,89H2,1-6H3,(H2,90,110)(H,91,108)(H,95,112)(H,96,113)(H,97,107)(H,98,109)(H,99,116)(H,100,115)(H,101,114)(H,102,111)/t51-,52+,54+,55+,63+,64+,65-,69+,70-,71+,72-,73+,74+,78-,81-/m0/s1. The van der Waals surface area contributed by atoms with Crippen LogP contribution in [0.4, 0.5) is 0 Å². The number of likely N-dealkylation sites (tertiary alicyclic amines) is 2. The summed E-state index contributed by atoms with van der Waals surface area (Å²) in [5.41, 5.74) is 21.0. The van der Waals surface area contributed by atoms with E-state index in [9.17, 15) is 43.8 Å². The van der Waals surface area contributed by atoms with Crippen molar-refractivity contribution in [3.8, 4) is 5.75 Å². The zero-order valence-corrected chi connectivity index (χ0v) is 73.0. The molecule has 15 atom stereocenters. The Kier molecular flexibility index (Phi) is 34.4. The van der Waals surface area contributed by atoms with Crippen LogP contribution in [0.3, 0.4) is 0 Å². The zero-order chi connectivity index (χ0) is 85.5. The summed E-state index contributed by atoms with van der Waals surface area (Å²) in [5, 5.41) is 48.8. The van der Waals surface area contributed by atoms with Gasteiger partial charge in [-0.1, -0.05) is 81.8 Å². The predicted molar refractivity (Wildman–Crippen MR) is 478 cm³/mol. The number of thioether (sulfide) groups is 4. The van der Waals surface area contributed by atoms with Crippen molar-refractivity contribution in [3.05, 3.63) is 137 Å². The molecule has 28 nitrogen and oxygen atoms in total. The van der Waals surface area contributed by atoms with E-state index in [4.69, 9.17) is 11.5 Å². The van der Waals surface area contributed by atoms with Gasteiger partial charge in [0.2, 0.25) is 59.1 Å². The number of benzene rings is 4. The SMILES string of the molecule is CCCN1C[C@H](CSCC(=O)NCCCC[C@@H](NC(=O)CSC[C@@H]2C[C@@H]3c4cccc5[nH]cc(c45)C[C@H]3N(CCC)C2)C(=O)N[C@@H](CS[C@@H](CCCCN)SC)C(=O)N[C@@H](Cc2ccc(O)cc2)C(=O)N[C@H](Cc2c[nH]c3ccccc23)C(=O)NCC(=O)N[C@@H](CC)C(=O)N[C@@H](C)C(=O)N[C@H](C(N)=O)[C@@H](C)O)C[C@@H]2c3cccc4[nH]cc(c34)C[C@H]21. The number of nitrogens with two attached hydrogens (primary N) is 2. The molecule has 2 aliphatic heterocycles. The van der Waals surface area contributed by atoms with Crippen LogP contribution >= 0.6 is 47.0 Å². The summed E-state index contributed by atoms with van der Waals surface area (Å²) < 4.78 is -0.0423. The van der Waals surface area contributed by atoms with Crippen LogP contribution in [0.15, 0.2) is 104 Å². The van der Waals surface area contributed by atoms with E-state index in [2.05, 4.69) is 135 Å². The number of fused-ring (bicyclic) bond motifs is 5. The number of para-hydroxylation sites is 1. The molecule has 2 fully saturated rings. The number of aromatic hydroxyl groups is 1. The number of aliphatic hydroxyl groups is 1. The number of hydrogen-bond acceptors (Lipinski definition) is 19. The number of primary amides is 1. The molecule has 4 aromatic carbocycles. The van der Waals surface area contributed by atoms with E-state index >= 15 is 14.4 Å². The molecule has 0 saturated carbocycles. The van der Waals surface area contributed by atoms with Crippen molar-refractivity contribution in [2.24, 2.45) is 23.3 Å². The maximum absolute atomic E-state index is 15.5. The van der Waals surface area contributed by atoms with Crippen LogP contribution in [0.2, 0.25) is 0 Å². The number of phenolic OH excluding ortho intramolecular Hbond substituents is 1. The summed E-state index contributed by atoms with van der Waals surface area (Å²) in [6.07, 6.45) is 15.9. The highest BCUT2D eigenvalue weighted by Crippen LogP contribution is 2.47. The summed E-state index contributed by atoms with van der Waals surface area (Å²) in [5.74, 6) is -3.42. The van der Waals surface area contributed by atoms with Gasteiger partial charge in [-0.3, -0.25) is 57.7 Å². The lowest BCUT2D eigenvalue weighted by atomic mass is 9.72. The molecule has 0 bridgehead atoms. The Hall–Kier alpha value is -8.76. The van der Waals surface area contributed by atoms with Crippen molar-refractivity contribution in [2.45, 2.75) is 208 Å². The molecule has 120 heavy (non-hydrogen) atoms. The second-order valence-corrected chi connectivity index (χ2v) is 37.3. The van der Waals surface area contributed by atoms with Gasteiger partial charge >= 0.3 is 0 Å². The number of amides is 10. The normalized spacial score (nSPS) is 19.8. The molecule has 10 amide bonds. The maximum Gasteiger partial charge on any atom is 0.244 e. The number of carbonyl (C=O) groups excluding carboxylic acids is 10. The van der Waals surface area contributed by atoms with Crippen LogP contribution in [0.1, 0.15) is 150 Å². The number of hydrogen-bond donors (Lipinski definition) is 16. The molecule has 32 heteroatoms. The minimum Gasteiger partial charge on any atom is -0.508 e. The number of unbranched alkanes of at least 4 members (excludes halogenated alkanes) is 2. The third kappa shape index (κ3) is 24.6. The van der Waals surface area contributed by atoms with E-state index in [1.807, 2.05) is 30.5 Å². The lowest BCUT2D eigenvalue weighted by molar-refractivity contribution is -0.134. The zero-order valence-electron chi connectivity index (χ0n) is 69.7. The minimum atomic E-state index is -1.45. The maximum atomic E-state index is 15.5. The van der Waals surface area contributed by atoms with Crippen LogP contribution in [0.25, 0.3) is 32.7 Å². The van der Waals surface area contributed by atoms with Crippen molar-refractivity contribution in [1.82, 2.24) is 72.6 Å². The second kappa shape index (κ2) is 44.9. The van der Waals surface area contributed by atoms with Gasteiger partial charge in [0.15, 0.2) is 0 Å². The largest absolute Gasteiger partial charge is 0.508 e. The monoisotopic (exact) mass is 1720 g/mol. The van der Waals surface area contributed by atoms with Gasteiger partial charge in [0.1, 0.15) is 48.0 Å². The van der Waals surface area contributed by atoms with E-state index < -0.39 is 102 Å². The van der Waals surface area contributed by atoms with Crippen molar-refractivity contribution >= 4 is 139 Å². The van der Waals surface area contributed by atoms with E-state index in [0.717, 1.165) is 112 Å². The highest BCUT2D eigenvalue weighted by molar-refractivity contribution is 8.16. The van der Waals surface area contributed by atoms with Gasteiger partial charge in [-0.25, -0.2) is 0 Å².